The first-order valence-electron chi connectivity index (χ1n) is 6.11. The summed E-state index contributed by atoms with van der Waals surface area (Å²) in [5, 5.41) is 0. The number of hydrogen-bond acceptors (Lipinski definition) is 2. The summed E-state index contributed by atoms with van der Waals surface area (Å²) in [6, 6.07) is 0.311. The quantitative estimate of drug-likeness (QED) is 0.748. The van der Waals surface area contributed by atoms with E-state index in [4.69, 9.17) is 5.73 Å². The van der Waals surface area contributed by atoms with E-state index >= 15 is 0 Å². The Hall–Kier alpha value is -0.570. The van der Waals surface area contributed by atoms with Crippen molar-refractivity contribution in [1.29, 1.82) is 0 Å². The summed E-state index contributed by atoms with van der Waals surface area (Å²) in [5.74, 6) is 0.683. The van der Waals surface area contributed by atoms with Crippen molar-refractivity contribution in [3.63, 3.8) is 0 Å². The second-order valence-electron chi connectivity index (χ2n) is 5.43. The van der Waals surface area contributed by atoms with Crippen molar-refractivity contribution in [2.75, 3.05) is 13.1 Å². The highest BCUT2D eigenvalue weighted by molar-refractivity contribution is 5.82. The molecule has 2 aliphatic rings. The largest absolute Gasteiger partial charge is 0.342 e. The molecule has 0 bridgehead atoms. The van der Waals surface area contributed by atoms with Gasteiger partial charge in [-0.05, 0) is 31.1 Å². The molecule has 86 valence electrons. The van der Waals surface area contributed by atoms with Crippen LogP contribution in [-0.4, -0.2) is 29.9 Å². The smallest absolute Gasteiger partial charge is 0.226 e. The van der Waals surface area contributed by atoms with Crippen molar-refractivity contribution in [2.24, 2.45) is 17.1 Å². The number of hydrogen-bond donors (Lipinski definition) is 1. The van der Waals surface area contributed by atoms with E-state index in [1.165, 1.54) is 0 Å². The zero-order valence-corrected chi connectivity index (χ0v) is 9.83. The number of likely N-dealkylation sites (tertiary alicyclic amines) is 1. The minimum absolute atomic E-state index is 0.302. The Morgan fingerprint density at radius 3 is 2.53 bits per heavy atom. The van der Waals surface area contributed by atoms with Crippen LogP contribution in [0.1, 0.15) is 39.5 Å². The van der Waals surface area contributed by atoms with Gasteiger partial charge in [0.25, 0.3) is 0 Å². The second kappa shape index (κ2) is 3.78. The zero-order chi connectivity index (χ0) is 11.1. The van der Waals surface area contributed by atoms with Gasteiger partial charge in [-0.1, -0.05) is 13.8 Å². The summed E-state index contributed by atoms with van der Waals surface area (Å²) in [5.41, 5.74) is 6.13. The molecule has 1 saturated carbocycles. The molecule has 0 aromatic carbocycles. The van der Waals surface area contributed by atoms with Crippen molar-refractivity contribution >= 4 is 5.91 Å². The van der Waals surface area contributed by atoms with Crippen molar-refractivity contribution in [3.8, 4) is 0 Å². The Bertz CT molecular complexity index is 258. The average molecular weight is 210 g/mol. The minimum atomic E-state index is 0.302. The molecule has 2 atom stereocenters. The normalized spacial score (nSPS) is 36.7. The molecule has 2 unspecified atom stereocenters. The standard InChI is InChI=1S/C12H22N2O/c1-3-12(2)8-10(12)11(15)14-6-4-9(13)5-7-14/h9-10H,3-8,13H2,1-2H3. The summed E-state index contributed by atoms with van der Waals surface area (Å²) < 4.78 is 0. The van der Waals surface area contributed by atoms with Crippen LogP contribution >= 0.6 is 0 Å². The first kappa shape index (κ1) is 10.9. The van der Waals surface area contributed by atoms with Crippen LogP contribution in [0.3, 0.4) is 0 Å². The van der Waals surface area contributed by atoms with Gasteiger partial charge in [0.15, 0.2) is 0 Å². The lowest BCUT2D eigenvalue weighted by Crippen LogP contribution is -2.44. The Morgan fingerprint density at radius 1 is 1.47 bits per heavy atom. The highest BCUT2D eigenvalue weighted by Crippen LogP contribution is 2.55. The molecule has 1 aliphatic carbocycles. The highest BCUT2D eigenvalue weighted by Gasteiger charge is 2.54. The summed E-state index contributed by atoms with van der Waals surface area (Å²) in [6.45, 7) is 6.15. The van der Waals surface area contributed by atoms with Gasteiger partial charge < -0.3 is 10.6 Å². The Kier molecular flexibility index (Phi) is 2.75. The van der Waals surface area contributed by atoms with Crippen LogP contribution < -0.4 is 5.73 Å². The summed E-state index contributed by atoms with van der Waals surface area (Å²) in [6.07, 6.45) is 4.16. The number of amides is 1. The molecule has 2 fully saturated rings. The zero-order valence-electron chi connectivity index (χ0n) is 9.83. The maximum absolute atomic E-state index is 12.1. The average Bonchev–Trinajstić information content (AvgIpc) is 2.92. The predicted molar refractivity (Wildman–Crippen MR) is 60.3 cm³/mol. The van der Waals surface area contributed by atoms with Crippen LogP contribution in [0, 0.1) is 11.3 Å². The lowest BCUT2D eigenvalue weighted by Gasteiger charge is -2.30. The van der Waals surface area contributed by atoms with Gasteiger partial charge in [0.05, 0.1) is 0 Å². The summed E-state index contributed by atoms with van der Waals surface area (Å²) >= 11 is 0. The third-order valence-corrected chi connectivity index (χ3v) is 4.31. The molecule has 1 saturated heterocycles. The Labute approximate surface area is 92.0 Å². The molecule has 1 amide bonds. The van der Waals surface area contributed by atoms with E-state index in [2.05, 4.69) is 13.8 Å². The molecular formula is C12H22N2O. The number of rotatable bonds is 2. The van der Waals surface area contributed by atoms with E-state index in [1.807, 2.05) is 4.90 Å². The number of carbonyl (C=O) groups is 1. The van der Waals surface area contributed by atoms with Gasteiger partial charge in [-0.15, -0.1) is 0 Å². The van der Waals surface area contributed by atoms with Gasteiger partial charge in [0, 0.05) is 25.0 Å². The van der Waals surface area contributed by atoms with E-state index in [0.29, 0.717) is 23.3 Å². The SMILES string of the molecule is CCC1(C)CC1C(=O)N1CCC(N)CC1. The van der Waals surface area contributed by atoms with Gasteiger partial charge in [0.1, 0.15) is 0 Å². The molecule has 0 radical (unpaired) electrons. The van der Waals surface area contributed by atoms with Gasteiger partial charge >= 0.3 is 0 Å². The summed E-state index contributed by atoms with van der Waals surface area (Å²) in [4.78, 5) is 14.1. The first-order valence-corrected chi connectivity index (χ1v) is 6.11. The third kappa shape index (κ3) is 2.03. The first-order chi connectivity index (χ1) is 7.07. The molecule has 2 N–H and O–H groups in total. The molecule has 1 aliphatic heterocycles. The monoisotopic (exact) mass is 210 g/mol. The molecule has 15 heavy (non-hydrogen) atoms. The van der Waals surface area contributed by atoms with E-state index in [9.17, 15) is 4.79 Å². The van der Waals surface area contributed by atoms with Gasteiger partial charge in [0.2, 0.25) is 5.91 Å². The number of carbonyl (C=O) groups excluding carboxylic acids is 1. The van der Waals surface area contributed by atoms with Crippen LogP contribution in [0.15, 0.2) is 0 Å². The number of nitrogens with zero attached hydrogens (tertiary/aromatic N) is 1. The molecule has 3 nitrogen and oxygen atoms in total. The fourth-order valence-corrected chi connectivity index (χ4v) is 2.52. The van der Waals surface area contributed by atoms with E-state index in [0.717, 1.165) is 38.8 Å². The van der Waals surface area contributed by atoms with Crippen LogP contribution in [0.2, 0.25) is 0 Å². The molecule has 3 heteroatoms. The fraction of sp³-hybridized carbons (Fsp3) is 0.917. The topological polar surface area (TPSA) is 46.3 Å². The lowest BCUT2D eigenvalue weighted by molar-refractivity contribution is -0.134. The van der Waals surface area contributed by atoms with Crippen LogP contribution in [0.5, 0.6) is 0 Å². The van der Waals surface area contributed by atoms with Crippen LogP contribution in [0.25, 0.3) is 0 Å². The molecule has 1 heterocycles. The van der Waals surface area contributed by atoms with Gasteiger partial charge in [-0.2, -0.15) is 0 Å². The van der Waals surface area contributed by atoms with E-state index in [1.54, 1.807) is 0 Å². The minimum Gasteiger partial charge on any atom is -0.342 e. The molecule has 2 rings (SSSR count). The van der Waals surface area contributed by atoms with Crippen molar-refractivity contribution < 1.29 is 4.79 Å². The Morgan fingerprint density at radius 2 is 2.07 bits per heavy atom. The molecule has 0 spiro atoms. The van der Waals surface area contributed by atoms with Crippen molar-refractivity contribution in [1.82, 2.24) is 4.90 Å². The lowest BCUT2D eigenvalue weighted by atomic mass is 10.0. The van der Waals surface area contributed by atoms with Gasteiger partial charge in [-0.3, -0.25) is 4.79 Å². The Balaban J connectivity index is 1.88. The van der Waals surface area contributed by atoms with Crippen molar-refractivity contribution in [2.45, 2.75) is 45.6 Å². The van der Waals surface area contributed by atoms with Gasteiger partial charge in [-0.25, -0.2) is 0 Å². The molecule has 0 aromatic rings. The predicted octanol–water partition coefficient (Wildman–Crippen LogP) is 1.37. The maximum atomic E-state index is 12.1. The van der Waals surface area contributed by atoms with Crippen LogP contribution in [0.4, 0.5) is 0 Å². The highest BCUT2D eigenvalue weighted by atomic mass is 16.2. The van der Waals surface area contributed by atoms with Crippen molar-refractivity contribution in [3.05, 3.63) is 0 Å². The van der Waals surface area contributed by atoms with E-state index < -0.39 is 0 Å². The second-order valence-corrected chi connectivity index (χ2v) is 5.43. The number of nitrogens with two attached hydrogens (primary N) is 1. The third-order valence-electron chi connectivity index (χ3n) is 4.31. The summed E-state index contributed by atoms with van der Waals surface area (Å²) in [7, 11) is 0. The molecular weight excluding hydrogens is 188 g/mol. The molecule has 0 aromatic heterocycles. The van der Waals surface area contributed by atoms with E-state index in [-0.39, 0.29) is 0 Å². The number of piperidine rings is 1. The fourth-order valence-electron chi connectivity index (χ4n) is 2.52. The van der Waals surface area contributed by atoms with Crippen LogP contribution in [-0.2, 0) is 4.79 Å². The maximum Gasteiger partial charge on any atom is 0.226 e.